The topological polar surface area (TPSA) is 269 Å². The summed E-state index contributed by atoms with van der Waals surface area (Å²) in [4.78, 5) is 13.0. The second-order valence-corrected chi connectivity index (χ2v) is 10.2. The minimum atomic E-state index is -1.89. The van der Waals surface area contributed by atoms with Crippen molar-refractivity contribution in [2.45, 2.75) is 68.3 Å². The first-order valence-electron chi connectivity index (χ1n) is 13.0. The first kappa shape index (κ1) is 30.7. The van der Waals surface area contributed by atoms with Crippen LogP contribution < -0.4 is 10.2 Å². The van der Waals surface area contributed by atoms with Crippen molar-refractivity contribution in [2.24, 2.45) is 0 Å². The number of aromatic hydroxyl groups is 4. The molecule has 0 bridgehead atoms. The molecule has 2 aliphatic rings. The fraction of sp³-hybridized carbons (Fsp3) is 0.444. The Bertz CT molecular complexity index is 1540. The van der Waals surface area contributed by atoms with Crippen LogP contribution in [0.5, 0.6) is 28.7 Å². The van der Waals surface area contributed by atoms with Crippen molar-refractivity contribution in [3.63, 3.8) is 0 Å². The van der Waals surface area contributed by atoms with E-state index in [0.717, 1.165) is 24.3 Å². The Morgan fingerprint density at radius 3 is 2.16 bits per heavy atom. The SMILES string of the molecule is C[C@@H]1O[C@@H](O[C@H]2[C@H](Oc3c(O)cc(O)c4c(=O)cc(-c5ccc(O)c(O)c5)oc34)O[C@H](CO)[C@@H](O)[C@@H]2O)[C@H](O)[C@H](O)[C@H]1O. The zero-order chi connectivity index (χ0) is 31.3. The summed E-state index contributed by atoms with van der Waals surface area (Å²) in [5.74, 6) is -3.29. The lowest BCUT2D eigenvalue weighted by Crippen LogP contribution is -2.64. The van der Waals surface area contributed by atoms with E-state index in [9.17, 15) is 55.9 Å². The van der Waals surface area contributed by atoms with E-state index in [1.165, 1.54) is 13.0 Å². The van der Waals surface area contributed by atoms with E-state index in [0.29, 0.717) is 0 Å². The van der Waals surface area contributed by atoms with Gasteiger partial charge in [0.05, 0.1) is 12.7 Å². The van der Waals surface area contributed by atoms with E-state index in [-0.39, 0.29) is 11.3 Å². The van der Waals surface area contributed by atoms with E-state index in [1.54, 1.807) is 0 Å². The average molecular weight is 611 g/mol. The zero-order valence-electron chi connectivity index (χ0n) is 22.3. The van der Waals surface area contributed by atoms with Crippen LogP contribution in [-0.2, 0) is 14.2 Å². The highest BCUT2D eigenvalue weighted by Gasteiger charge is 2.51. The lowest BCUT2D eigenvalue weighted by atomic mass is 9.97. The number of ether oxygens (including phenoxy) is 4. The van der Waals surface area contributed by atoms with Crippen LogP contribution in [0.4, 0.5) is 0 Å². The fourth-order valence-corrected chi connectivity index (χ4v) is 4.91. The van der Waals surface area contributed by atoms with Crippen molar-refractivity contribution >= 4 is 11.0 Å². The highest BCUT2D eigenvalue weighted by molar-refractivity contribution is 5.91. The van der Waals surface area contributed by atoms with Crippen molar-refractivity contribution in [1.82, 2.24) is 0 Å². The van der Waals surface area contributed by atoms with Crippen LogP contribution in [0.1, 0.15) is 6.92 Å². The smallest absolute Gasteiger partial charge is 0.230 e. The van der Waals surface area contributed by atoms with Crippen molar-refractivity contribution in [3.05, 3.63) is 40.6 Å². The molecule has 10 N–H and O–H groups in total. The van der Waals surface area contributed by atoms with Crippen LogP contribution in [0.25, 0.3) is 22.3 Å². The van der Waals surface area contributed by atoms with E-state index >= 15 is 0 Å². The summed E-state index contributed by atoms with van der Waals surface area (Å²) in [6, 6.07) is 5.26. The van der Waals surface area contributed by atoms with Gasteiger partial charge in [0.25, 0.3) is 0 Å². The van der Waals surface area contributed by atoms with Crippen LogP contribution in [0.15, 0.2) is 39.5 Å². The molecule has 234 valence electrons. The largest absolute Gasteiger partial charge is 0.507 e. The Morgan fingerprint density at radius 1 is 0.767 bits per heavy atom. The number of benzene rings is 2. The van der Waals surface area contributed by atoms with Gasteiger partial charge in [-0.1, -0.05) is 0 Å². The number of aliphatic hydroxyl groups excluding tert-OH is 6. The number of phenols is 4. The lowest BCUT2D eigenvalue weighted by molar-refractivity contribution is -0.354. The molecule has 2 aromatic carbocycles. The zero-order valence-corrected chi connectivity index (χ0v) is 22.3. The molecule has 2 fully saturated rings. The van der Waals surface area contributed by atoms with Gasteiger partial charge in [0.15, 0.2) is 40.7 Å². The molecule has 0 saturated carbocycles. The van der Waals surface area contributed by atoms with Crippen molar-refractivity contribution in [3.8, 4) is 40.1 Å². The molecule has 16 nitrogen and oxygen atoms in total. The molecule has 43 heavy (non-hydrogen) atoms. The predicted molar refractivity (Wildman–Crippen MR) is 140 cm³/mol. The Balaban J connectivity index is 1.57. The normalized spacial score (nSPS) is 33.0. The molecule has 2 aliphatic heterocycles. The van der Waals surface area contributed by atoms with Gasteiger partial charge in [-0.2, -0.15) is 0 Å². The van der Waals surface area contributed by atoms with Gasteiger partial charge in [0.2, 0.25) is 12.0 Å². The number of rotatable bonds is 6. The summed E-state index contributed by atoms with van der Waals surface area (Å²) in [5, 5.41) is 102. The molecule has 1 aromatic heterocycles. The molecule has 10 atom stereocenters. The third-order valence-electron chi connectivity index (χ3n) is 7.33. The first-order chi connectivity index (χ1) is 20.3. The van der Waals surface area contributed by atoms with Gasteiger partial charge in [-0.05, 0) is 25.1 Å². The van der Waals surface area contributed by atoms with Gasteiger partial charge in [-0.25, -0.2) is 0 Å². The van der Waals surface area contributed by atoms with Crippen LogP contribution >= 0.6 is 0 Å². The Kier molecular flexibility index (Phi) is 8.41. The minimum Gasteiger partial charge on any atom is -0.507 e. The highest BCUT2D eigenvalue weighted by Crippen LogP contribution is 2.43. The molecule has 2 saturated heterocycles. The van der Waals surface area contributed by atoms with E-state index in [4.69, 9.17) is 23.4 Å². The van der Waals surface area contributed by atoms with Crippen molar-refractivity contribution in [2.75, 3.05) is 6.61 Å². The standard InChI is InChI=1S/C27H30O16/c1-8-18(34)20(36)22(38)26(39-8)43-25-21(37)19(35)16(7-28)41-27(25)42-23-14(33)5-12(31)17-13(32)6-15(40-24(17)23)9-2-3-10(29)11(30)4-9/h2-6,8,16,18-22,25-31,33-38H,7H2,1H3/t8-,16+,18-,19+,20+,21-,22+,25+,26-,27-/m0/s1. The molecular weight excluding hydrogens is 580 g/mol. The monoisotopic (exact) mass is 610 g/mol. The number of phenolic OH excluding ortho intramolecular Hbond substituents is 4. The maximum Gasteiger partial charge on any atom is 0.230 e. The number of aliphatic hydroxyl groups is 6. The maximum atomic E-state index is 13.0. The maximum absolute atomic E-state index is 13.0. The van der Waals surface area contributed by atoms with Gasteiger partial charge >= 0.3 is 0 Å². The quantitative estimate of drug-likeness (QED) is 0.140. The summed E-state index contributed by atoms with van der Waals surface area (Å²) in [5.41, 5.74) is -1.24. The van der Waals surface area contributed by atoms with Gasteiger partial charge in [-0.15, -0.1) is 0 Å². The fourth-order valence-electron chi connectivity index (χ4n) is 4.91. The summed E-state index contributed by atoms with van der Waals surface area (Å²) in [6.07, 6.45) is -16.5. The second kappa shape index (κ2) is 11.8. The van der Waals surface area contributed by atoms with E-state index in [1.807, 2.05) is 0 Å². The summed E-state index contributed by atoms with van der Waals surface area (Å²) >= 11 is 0. The van der Waals surface area contributed by atoms with Crippen LogP contribution in [0.3, 0.4) is 0 Å². The molecule has 5 rings (SSSR count). The van der Waals surface area contributed by atoms with E-state index in [2.05, 4.69) is 0 Å². The molecular formula is C27H30O16. The second-order valence-electron chi connectivity index (χ2n) is 10.2. The molecule has 0 aliphatic carbocycles. The molecule has 3 aromatic rings. The molecule has 0 radical (unpaired) electrons. The molecule has 16 heteroatoms. The summed E-state index contributed by atoms with van der Waals surface area (Å²) < 4.78 is 28.2. The molecule has 3 heterocycles. The third-order valence-corrected chi connectivity index (χ3v) is 7.33. The first-order valence-corrected chi connectivity index (χ1v) is 13.0. The average Bonchev–Trinajstić information content (AvgIpc) is 2.96. The number of hydrogen-bond acceptors (Lipinski definition) is 16. The summed E-state index contributed by atoms with van der Waals surface area (Å²) in [6.45, 7) is 0.559. The molecule has 0 spiro atoms. The Morgan fingerprint density at radius 2 is 1.49 bits per heavy atom. The van der Waals surface area contributed by atoms with Crippen LogP contribution in [0, 0.1) is 0 Å². The lowest BCUT2D eigenvalue weighted by Gasteiger charge is -2.45. The van der Waals surface area contributed by atoms with Crippen molar-refractivity contribution in [1.29, 1.82) is 0 Å². The molecule has 0 amide bonds. The minimum absolute atomic E-state index is 0.107. The van der Waals surface area contributed by atoms with Gasteiger partial charge in [0.1, 0.15) is 53.5 Å². The van der Waals surface area contributed by atoms with Gasteiger partial charge < -0.3 is 74.4 Å². The number of fused-ring (bicyclic) bond motifs is 1. The van der Waals surface area contributed by atoms with Crippen molar-refractivity contribution < 1.29 is 74.4 Å². The van der Waals surface area contributed by atoms with E-state index < -0.39 is 113 Å². The predicted octanol–water partition coefficient (Wildman–Crippen LogP) is -1.69. The third kappa shape index (κ3) is 5.55. The van der Waals surface area contributed by atoms with Gasteiger partial charge in [0, 0.05) is 17.7 Å². The van der Waals surface area contributed by atoms with Crippen LogP contribution in [0.2, 0.25) is 0 Å². The van der Waals surface area contributed by atoms with Gasteiger partial charge in [-0.3, -0.25) is 4.79 Å². The van der Waals surface area contributed by atoms with Crippen LogP contribution in [-0.4, -0.2) is 119 Å². The Labute approximate surface area is 241 Å². The Hall–Kier alpha value is -3.71. The highest BCUT2D eigenvalue weighted by atomic mass is 16.8. The molecule has 0 unspecified atom stereocenters. The summed E-state index contributed by atoms with van der Waals surface area (Å²) in [7, 11) is 0. The number of hydrogen-bond donors (Lipinski definition) is 10.